The van der Waals surface area contributed by atoms with Crippen LogP contribution in [0.3, 0.4) is 0 Å². The molecule has 3 unspecified atom stereocenters. The van der Waals surface area contributed by atoms with E-state index < -0.39 is 34.9 Å². The SMILES string of the molecule is CCCCCCCCCCCS(=O)(=O)C(CCCCCCCC)C(C)OCCCO[P+](=O)C(=O)OO. The molecule has 214 valence electrons. The highest BCUT2D eigenvalue weighted by Gasteiger charge is 2.34. The Labute approximate surface area is 221 Å². The van der Waals surface area contributed by atoms with Crippen molar-refractivity contribution < 1.29 is 37.2 Å². The van der Waals surface area contributed by atoms with Crippen LogP contribution in [0.2, 0.25) is 0 Å². The van der Waals surface area contributed by atoms with Gasteiger partial charge in [0.1, 0.15) is 6.61 Å². The van der Waals surface area contributed by atoms with Gasteiger partial charge in [-0.15, -0.1) is 4.52 Å². The van der Waals surface area contributed by atoms with Crippen LogP contribution >= 0.6 is 8.03 Å². The van der Waals surface area contributed by atoms with Crippen molar-refractivity contribution in [3.63, 3.8) is 0 Å². The Morgan fingerprint density at radius 2 is 1.28 bits per heavy atom. The molecule has 8 nitrogen and oxygen atoms in total. The van der Waals surface area contributed by atoms with Gasteiger partial charge in [-0.05, 0) is 30.8 Å². The quantitative estimate of drug-likeness (QED) is 0.0491. The van der Waals surface area contributed by atoms with Gasteiger partial charge in [0.25, 0.3) is 0 Å². The zero-order valence-corrected chi connectivity index (χ0v) is 24.7. The van der Waals surface area contributed by atoms with Crippen LogP contribution in [0.5, 0.6) is 0 Å². The van der Waals surface area contributed by atoms with Crippen molar-refractivity contribution in [1.29, 1.82) is 0 Å². The molecule has 0 aliphatic heterocycles. The monoisotopic (exact) mass is 555 g/mol. The van der Waals surface area contributed by atoms with Crippen molar-refractivity contribution in [2.45, 2.75) is 141 Å². The smallest absolute Gasteiger partial charge is 0.377 e. The molecule has 0 amide bonds. The van der Waals surface area contributed by atoms with E-state index >= 15 is 0 Å². The van der Waals surface area contributed by atoms with Gasteiger partial charge in [0.15, 0.2) is 9.84 Å². The molecule has 0 saturated carbocycles. The van der Waals surface area contributed by atoms with E-state index in [0.29, 0.717) is 19.3 Å². The molecule has 0 aromatic rings. The fourth-order valence-corrected chi connectivity index (χ4v) is 6.83. The second kappa shape index (κ2) is 23.5. The first kappa shape index (κ1) is 35.4. The van der Waals surface area contributed by atoms with Crippen LogP contribution in [0.15, 0.2) is 0 Å². The molecule has 0 spiro atoms. The van der Waals surface area contributed by atoms with Crippen molar-refractivity contribution >= 4 is 23.6 Å². The molecule has 0 aromatic carbocycles. The molecule has 36 heavy (non-hydrogen) atoms. The molecule has 3 atom stereocenters. The summed E-state index contributed by atoms with van der Waals surface area (Å²) in [6, 6.07) is 0. The first-order valence-corrected chi connectivity index (χ1v) is 17.0. The summed E-state index contributed by atoms with van der Waals surface area (Å²) in [6.07, 6.45) is 17.3. The molecule has 0 aliphatic rings. The summed E-state index contributed by atoms with van der Waals surface area (Å²) in [5.41, 5.74) is -1.33. The number of carbonyl (C=O) groups excluding carboxylic acids is 1. The number of rotatable bonds is 26. The lowest BCUT2D eigenvalue weighted by Crippen LogP contribution is -2.36. The standard InChI is InChI=1S/C26H51O8PS/c1-4-6-8-10-12-13-14-16-18-23-36(30,31)25(20-17-15-11-9-7-5-2)24(3)32-21-19-22-33-35(29)26(27)34-28/h24-25H,4-23H2,1-3H3/p+1. The molecule has 0 aliphatic carbocycles. The Balaban J connectivity index is 4.56. The maximum atomic E-state index is 13.2. The second-order valence-electron chi connectivity index (χ2n) is 9.67. The molecule has 10 heteroatoms. The van der Waals surface area contributed by atoms with Crippen molar-refractivity contribution in [2.24, 2.45) is 0 Å². The summed E-state index contributed by atoms with van der Waals surface area (Å²) in [7, 11) is -6.03. The van der Waals surface area contributed by atoms with Crippen LogP contribution in [0.1, 0.15) is 130 Å². The molecule has 1 N–H and O–H groups in total. The molecule has 0 heterocycles. The molecule has 0 radical (unpaired) electrons. The zero-order valence-electron chi connectivity index (χ0n) is 23.0. The summed E-state index contributed by atoms with van der Waals surface area (Å²) in [4.78, 5) is 14.3. The van der Waals surface area contributed by atoms with Gasteiger partial charge in [-0.3, -0.25) is 4.89 Å². The Kier molecular flexibility index (Phi) is 23.1. The molecule has 0 aromatic heterocycles. The van der Waals surface area contributed by atoms with Gasteiger partial charge in [0.05, 0.1) is 17.1 Å². The van der Waals surface area contributed by atoms with E-state index in [1.54, 1.807) is 6.92 Å². The minimum absolute atomic E-state index is 0.0235. The Morgan fingerprint density at radius 3 is 1.81 bits per heavy atom. The number of carbonyl (C=O) groups is 1. The lowest BCUT2D eigenvalue weighted by atomic mass is 10.1. The number of sulfone groups is 1. The molecular formula is C26H52O8PS+. The molecule has 0 fully saturated rings. The third kappa shape index (κ3) is 18.6. The van der Waals surface area contributed by atoms with Crippen LogP contribution in [0.25, 0.3) is 0 Å². The highest BCUT2D eigenvalue weighted by Crippen LogP contribution is 2.25. The summed E-state index contributed by atoms with van der Waals surface area (Å²) >= 11 is 0. The van der Waals surface area contributed by atoms with Crippen LogP contribution in [-0.2, 0) is 28.6 Å². The summed E-state index contributed by atoms with van der Waals surface area (Å²) in [5.74, 6) is 0.198. The van der Waals surface area contributed by atoms with Gasteiger partial charge in [-0.25, -0.2) is 8.42 Å². The van der Waals surface area contributed by atoms with Gasteiger partial charge in [0.2, 0.25) is 0 Å². The number of unbranched alkanes of at least 4 members (excludes halogenated alkanes) is 13. The van der Waals surface area contributed by atoms with E-state index in [1.165, 1.54) is 57.8 Å². The van der Waals surface area contributed by atoms with E-state index in [0.717, 1.165) is 32.1 Å². The average Bonchev–Trinajstić information content (AvgIpc) is 2.86. The molecule has 0 rings (SSSR count). The molecular weight excluding hydrogens is 503 g/mol. The maximum absolute atomic E-state index is 13.2. The number of hydrogen-bond acceptors (Lipinski definition) is 8. The predicted molar refractivity (Wildman–Crippen MR) is 145 cm³/mol. The first-order chi connectivity index (χ1) is 17.3. The lowest BCUT2D eigenvalue weighted by molar-refractivity contribution is -0.168. The zero-order chi connectivity index (χ0) is 27.1. The van der Waals surface area contributed by atoms with Crippen molar-refractivity contribution in [1.82, 2.24) is 0 Å². The minimum atomic E-state index is -3.29. The Bertz CT molecular complexity index is 656. The van der Waals surface area contributed by atoms with Gasteiger partial charge in [0, 0.05) is 6.61 Å². The maximum Gasteiger partial charge on any atom is 0.639 e. The van der Waals surface area contributed by atoms with Crippen molar-refractivity contribution in [3.05, 3.63) is 0 Å². The predicted octanol–water partition coefficient (Wildman–Crippen LogP) is 8.22. The summed E-state index contributed by atoms with van der Waals surface area (Å²) < 4.78 is 48.4. The van der Waals surface area contributed by atoms with E-state index in [-0.39, 0.29) is 19.0 Å². The molecule has 0 saturated heterocycles. The fourth-order valence-electron chi connectivity index (χ4n) is 4.27. The van der Waals surface area contributed by atoms with Crippen molar-refractivity contribution in [2.75, 3.05) is 19.0 Å². The van der Waals surface area contributed by atoms with Crippen LogP contribution in [0, 0.1) is 0 Å². The Morgan fingerprint density at radius 1 is 0.778 bits per heavy atom. The topological polar surface area (TPSA) is 116 Å². The third-order valence-electron chi connectivity index (χ3n) is 6.46. The van der Waals surface area contributed by atoms with Gasteiger partial charge in [-0.1, -0.05) is 104 Å². The van der Waals surface area contributed by atoms with Crippen LogP contribution < -0.4 is 0 Å². The number of hydrogen-bond donors (Lipinski definition) is 1. The highest BCUT2D eigenvalue weighted by atomic mass is 32.2. The van der Waals surface area contributed by atoms with Crippen molar-refractivity contribution in [3.8, 4) is 0 Å². The van der Waals surface area contributed by atoms with E-state index in [4.69, 9.17) is 14.5 Å². The average molecular weight is 556 g/mol. The normalized spacial score (nSPS) is 13.9. The number of ether oxygens (including phenoxy) is 1. The van der Waals surface area contributed by atoms with Gasteiger partial charge >= 0.3 is 13.7 Å². The van der Waals surface area contributed by atoms with Gasteiger partial charge in [-0.2, -0.15) is 10.1 Å². The Hall–Kier alpha value is -0.600. The minimum Gasteiger partial charge on any atom is -0.377 e. The first-order valence-electron chi connectivity index (χ1n) is 14.1. The lowest BCUT2D eigenvalue weighted by Gasteiger charge is -2.24. The fraction of sp³-hybridized carbons (Fsp3) is 0.962. The summed E-state index contributed by atoms with van der Waals surface area (Å²) in [5, 5.41) is 7.66. The molecule has 0 bridgehead atoms. The van der Waals surface area contributed by atoms with Crippen LogP contribution in [0.4, 0.5) is 4.79 Å². The van der Waals surface area contributed by atoms with Crippen LogP contribution in [-0.4, -0.2) is 49.7 Å². The largest absolute Gasteiger partial charge is 0.639 e. The summed E-state index contributed by atoms with van der Waals surface area (Å²) in [6.45, 7) is 6.39. The van der Waals surface area contributed by atoms with E-state index in [2.05, 4.69) is 18.7 Å². The second-order valence-corrected chi connectivity index (χ2v) is 13.1. The van der Waals surface area contributed by atoms with E-state index in [9.17, 15) is 17.8 Å². The van der Waals surface area contributed by atoms with E-state index in [1.807, 2.05) is 0 Å². The van der Waals surface area contributed by atoms with Gasteiger partial charge < -0.3 is 4.74 Å². The highest BCUT2D eigenvalue weighted by molar-refractivity contribution is 7.92. The third-order valence-corrected chi connectivity index (χ3v) is 9.66.